The molecule has 0 unspecified atom stereocenters. The number of aromatic amines is 1. The fourth-order valence-electron chi connectivity index (χ4n) is 3.10. The van der Waals surface area contributed by atoms with Crippen molar-refractivity contribution < 1.29 is 9.53 Å². The van der Waals surface area contributed by atoms with Crippen molar-refractivity contribution in [3.8, 4) is 5.75 Å². The van der Waals surface area contributed by atoms with Crippen LogP contribution in [0.2, 0.25) is 5.02 Å². The first-order valence-corrected chi connectivity index (χ1v) is 9.47. The lowest BCUT2D eigenvalue weighted by atomic mass is 10.1. The molecule has 6 nitrogen and oxygen atoms in total. The molecule has 0 spiro atoms. The molecule has 7 heteroatoms. The van der Waals surface area contributed by atoms with Crippen LogP contribution in [0, 0.1) is 0 Å². The Bertz CT molecular complexity index is 1050. The number of methoxy groups -OCH3 is 1. The van der Waals surface area contributed by atoms with Gasteiger partial charge in [0, 0.05) is 18.0 Å². The number of aromatic nitrogens is 2. The molecule has 1 N–H and O–H groups in total. The van der Waals surface area contributed by atoms with Gasteiger partial charge in [0.05, 0.1) is 24.6 Å². The van der Waals surface area contributed by atoms with E-state index in [0.29, 0.717) is 41.1 Å². The Balaban J connectivity index is 1.74. The molecule has 0 fully saturated rings. The summed E-state index contributed by atoms with van der Waals surface area (Å²) in [5.41, 5.74) is 1.26. The zero-order chi connectivity index (χ0) is 20.1. The fourth-order valence-corrected chi connectivity index (χ4v) is 3.27. The molecule has 0 aliphatic heterocycles. The van der Waals surface area contributed by atoms with E-state index >= 15 is 0 Å². The Morgan fingerprint density at radius 3 is 2.79 bits per heavy atom. The summed E-state index contributed by atoms with van der Waals surface area (Å²) in [7, 11) is 1.62. The average molecular weight is 400 g/mol. The highest BCUT2D eigenvalue weighted by Gasteiger charge is 2.15. The summed E-state index contributed by atoms with van der Waals surface area (Å²) < 4.78 is 5.34. The second-order valence-electron chi connectivity index (χ2n) is 6.39. The normalized spacial score (nSPS) is 10.8. The first-order valence-electron chi connectivity index (χ1n) is 9.10. The van der Waals surface area contributed by atoms with Crippen molar-refractivity contribution in [3.05, 3.63) is 69.2 Å². The maximum absolute atomic E-state index is 12.7. The minimum Gasteiger partial charge on any atom is -0.496 e. The highest BCUT2D eigenvalue weighted by molar-refractivity contribution is 6.31. The Labute approximate surface area is 168 Å². The molecule has 0 bridgehead atoms. The van der Waals surface area contributed by atoms with Gasteiger partial charge >= 0.3 is 0 Å². The number of nitrogens with one attached hydrogen (secondary N) is 1. The predicted octanol–water partition coefficient (Wildman–Crippen LogP) is 3.57. The summed E-state index contributed by atoms with van der Waals surface area (Å²) in [4.78, 5) is 33.9. The maximum Gasteiger partial charge on any atom is 0.258 e. The smallest absolute Gasteiger partial charge is 0.258 e. The van der Waals surface area contributed by atoms with E-state index < -0.39 is 0 Å². The van der Waals surface area contributed by atoms with Crippen LogP contribution in [0.5, 0.6) is 5.75 Å². The van der Waals surface area contributed by atoms with E-state index in [1.54, 1.807) is 30.2 Å². The summed E-state index contributed by atoms with van der Waals surface area (Å²) in [5, 5.41) is 0.982. The molecule has 1 amide bonds. The van der Waals surface area contributed by atoms with Crippen LogP contribution in [0.15, 0.2) is 47.3 Å². The average Bonchev–Trinajstić information content (AvgIpc) is 2.70. The standard InChI is InChI=1S/C21H22ClN3O3/c1-3-25(20(26)11-8-14-6-4-5-7-18(14)28-2)13-19-23-17-12-15(22)9-10-16(17)21(27)24-19/h4-7,9-10,12H,3,8,11,13H2,1-2H3,(H,23,24,27). The number of ether oxygens (including phenoxy) is 1. The number of hydrogen-bond acceptors (Lipinski definition) is 4. The molecule has 3 aromatic rings. The van der Waals surface area contributed by atoms with Crippen LogP contribution in [-0.2, 0) is 17.8 Å². The van der Waals surface area contributed by atoms with Crippen molar-refractivity contribution in [2.45, 2.75) is 26.3 Å². The molecule has 0 saturated carbocycles. The van der Waals surface area contributed by atoms with Crippen molar-refractivity contribution in [1.29, 1.82) is 0 Å². The monoisotopic (exact) mass is 399 g/mol. The summed E-state index contributed by atoms with van der Waals surface area (Å²) in [5.74, 6) is 1.20. The molecule has 0 atom stereocenters. The van der Waals surface area contributed by atoms with Gasteiger partial charge in [-0.25, -0.2) is 4.98 Å². The number of hydrogen-bond donors (Lipinski definition) is 1. The Hall–Kier alpha value is -2.86. The molecule has 0 radical (unpaired) electrons. The van der Waals surface area contributed by atoms with Crippen LogP contribution in [-0.4, -0.2) is 34.4 Å². The molecule has 28 heavy (non-hydrogen) atoms. The summed E-state index contributed by atoms with van der Waals surface area (Å²) in [6.07, 6.45) is 0.925. The zero-order valence-electron chi connectivity index (χ0n) is 15.9. The van der Waals surface area contributed by atoms with Crippen LogP contribution < -0.4 is 10.3 Å². The number of carbonyl (C=O) groups excluding carboxylic acids is 1. The first kappa shape index (κ1) is 19.9. The minimum absolute atomic E-state index is 0.0118. The van der Waals surface area contributed by atoms with E-state index in [9.17, 15) is 9.59 Å². The van der Waals surface area contributed by atoms with Crippen LogP contribution in [0.4, 0.5) is 0 Å². The number of fused-ring (bicyclic) bond motifs is 1. The van der Waals surface area contributed by atoms with E-state index in [1.165, 1.54) is 0 Å². The third-order valence-corrected chi connectivity index (χ3v) is 4.83. The summed E-state index contributed by atoms with van der Waals surface area (Å²) >= 11 is 6.00. The molecule has 0 saturated heterocycles. The quantitative estimate of drug-likeness (QED) is 0.659. The molecule has 0 aliphatic carbocycles. The number of para-hydroxylation sites is 1. The third kappa shape index (κ3) is 4.51. The Morgan fingerprint density at radius 1 is 1.25 bits per heavy atom. The molecule has 146 valence electrons. The summed E-state index contributed by atoms with van der Waals surface area (Å²) in [6.45, 7) is 2.65. The molecular weight excluding hydrogens is 378 g/mol. The Kier molecular flexibility index (Phi) is 6.31. The highest BCUT2D eigenvalue weighted by Crippen LogP contribution is 2.19. The van der Waals surface area contributed by atoms with Gasteiger partial charge < -0.3 is 14.6 Å². The van der Waals surface area contributed by atoms with Crippen molar-refractivity contribution in [2.24, 2.45) is 0 Å². The highest BCUT2D eigenvalue weighted by atomic mass is 35.5. The van der Waals surface area contributed by atoms with E-state index in [0.717, 1.165) is 11.3 Å². The third-order valence-electron chi connectivity index (χ3n) is 4.59. The van der Waals surface area contributed by atoms with Crippen molar-refractivity contribution in [2.75, 3.05) is 13.7 Å². The van der Waals surface area contributed by atoms with E-state index in [2.05, 4.69) is 9.97 Å². The van der Waals surface area contributed by atoms with Gasteiger partial charge in [-0.3, -0.25) is 9.59 Å². The van der Waals surface area contributed by atoms with Gasteiger partial charge in [-0.05, 0) is 43.2 Å². The molecule has 2 aromatic carbocycles. The Morgan fingerprint density at radius 2 is 2.04 bits per heavy atom. The number of benzene rings is 2. The van der Waals surface area contributed by atoms with Gasteiger partial charge in [-0.15, -0.1) is 0 Å². The van der Waals surface area contributed by atoms with Crippen LogP contribution >= 0.6 is 11.6 Å². The second-order valence-corrected chi connectivity index (χ2v) is 6.83. The molecule has 3 rings (SSSR count). The zero-order valence-corrected chi connectivity index (χ0v) is 16.6. The van der Waals surface area contributed by atoms with Gasteiger partial charge in [0.25, 0.3) is 5.56 Å². The summed E-state index contributed by atoms with van der Waals surface area (Å²) in [6, 6.07) is 12.6. The van der Waals surface area contributed by atoms with Gasteiger partial charge in [0.1, 0.15) is 11.6 Å². The number of nitrogens with zero attached hydrogens (tertiary/aromatic N) is 2. The molecular formula is C21H22ClN3O3. The maximum atomic E-state index is 12.7. The number of H-pyrrole nitrogens is 1. The van der Waals surface area contributed by atoms with Crippen LogP contribution in [0.3, 0.4) is 0 Å². The lowest BCUT2D eigenvalue weighted by molar-refractivity contribution is -0.131. The molecule has 1 heterocycles. The minimum atomic E-state index is -0.241. The van der Waals surface area contributed by atoms with Crippen molar-refractivity contribution >= 4 is 28.4 Å². The van der Waals surface area contributed by atoms with Gasteiger partial charge in [0.15, 0.2) is 0 Å². The van der Waals surface area contributed by atoms with Gasteiger partial charge in [-0.1, -0.05) is 29.8 Å². The van der Waals surface area contributed by atoms with E-state index in [-0.39, 0.29) is 18.0 Å². The topological polar surface area (TPSA) is 75.3 Å². The number of aryl methyl sites for hydroxylation is 1. The number of halogens is 1. The number of rotatable bonds is 7. The molecule has 1 aromatic heterocycles. The van der Waals surface area contributed by atoms with E-state index in [4.69, 9.17) is 16.3 Å². The van der Waals surface area contributed by atoms with Gasteiger partial charge in [-0.2, -0.15) is 0 Å². The van der Waals surface area contributed by atoms with Crippen LogP contribution in [0.1, 0.15) is 24.7 Å². The lowest BCUT2D eigenvalue weighted by Crippen LogP contribution is -2.32. The predicted molar refractivity (Wildman–Crippen MR) is 110 cm³/mol. The first-order chi connectivity index (χ1) is 13.5. The van der Waals surface area contributed by atoms with Crippen molar-refractivity contribution in [1.82, 2.24) is 14.9 Å². The van der Waals surface area contributed by atoms with Gasteiger partial charge in [0.2, 0.25) is 5.91 Å². The number of amides is 1. The molecule has 0 aliphatic rings. The van der Waals surface area contributed by atoms with E-state index in [1.807, 2.05) is 31.2 Å². The largest absolute Gasteiger partial charge is 0.496 e. The second kappa shape index (κ2) is 8.89. The fraction of sp³-hybridized carbons (Fsp3) is 0.286. The lowest BCUT2D eigenvalue weighted by Gasteiger charge is -2.20. The SMILES string of the molecule is CCN(Cc1nc2cc(Cl)ccc2c(=O)[nH]1)C(=O)CCc1ccccc1OC. The number of carbonyl (C=O) groups is 1. The van der Waals surface area contributed by atoms with Crippen molar-refractivity contribution in [3.63, 3.8) is 0 Å². The van der Waals surface area contributed by atoms with Crippen LogP contribution in [0.25, 0.3) is 10.9 Å².